The topological polar surface area (TPSA) is 55.3 Å². The molecule has 1 aromatic carbocycles. The number of hydrogen-bond donors (Lipinski definition) is 0. The summed E-state index contributed by atoms with van der Waals surface area (Å²) in [5.41, 5.74) is 0.992. The van der Waals surface area contributed by atoms with Crippen LogP contribution in [0.5, 0.6) is 5.75 Å². The van der Waals surface area contributed by atoms with Crippen LogP contribution in [0.4, 0.5) is 5.13 Å². The first kappa shape index (κ1) is 16.9. The van der Waals surface area contributed by atoms with E-state index < -0.39 is 0 Å². The van der Waals surface area contributed by atoms with Gasteiger partial charge in [-0.25, -0.2) is 0 Å². The lowest BCUT2D eigenvalue weighted by Gasteiger charge is -2.29. The Kier molecular flexibility index (Phi) is 5.45. The van der Waals surface area contributed by atoms with Gasteiger partial charge >= 0.3 is 0 Å². The molecule has 3 rings (SSSR count). The van der Waals surface area contributed by atoms with Gasteiger partial charge in [0.1, 0.15) is 10.8 Å². The van der Waals surface area contributed by atoms with Crippen LogP contribution in [-0.2, 0) is 4.79 Å². The molecule has 0 atom stereocenters. The third kappa shape index (κ3) is 3.59. The van der Waals surface area contributed by atoms with Gasteiger partial charge in [-0.05, 0) is 43.5 Å². The Morgan fingerprint density at radius 3 is 2.62 bits per heavy atom. The van der Waals surface area contributed by atoms with Crippen LogP contribution in [0.1, 0.15) is 39.0 Å². The highest BCUT2D eigenvalue weighted by atomic mass is 32.1. The number of nitrogens with zero attached hydrogens (tertiary/aromatic N) is 3. The van der Waals surface area contributed by atoms with E-state index in [0.29, 0.717) is 5.13 Å². The van der Waals surface area contributed by atoms with E-state index >= 15 is 0 Å². The number of hydrogen-bond acceptors (Lipinski definition) is 5. The lowest BCUT2D eigenvalue weighted by atomic mass is 9.84. The molecule has 24 heavy (non-hydrogen) atoms. The quantitative estimate of drug-likeness (QED) is 0.756. The van der Waals surface area contributed by atoms with Gasteiger partial charge in [-0.2, -0.15) is 0 Å². The van der Waals surface area contributed by atoms with Gasteiger partial charge in [-0.3, -0.25) is 9.69 Å². The van der Waals surface area contributed by atoms with Crippen LogP contribution in [-0.4, -0.2) is 29.8 Å². The zero-order valence-corrected chi connectivity index (χ0v) is 15.0. The minimum Gasteiger partial charge on any atom is -0.497 e. The van der Waals surface area contributed by atoms with Gasteiger partial charge in [-0.15, -0.1) is 10.2 Å². The van der Waals surface area contributed by atoms with Crippen LogP contribution >= 0.6 is 11.3 Å². The second-order valence-electron chi connectivity index (χ2n) is 6.09. The standard InChI is InChI=1S/C18H23N3O2S/c1-3-4-12-21(17(22)14-6-5-7-14)18-20-19-16(24-18)13-8-10-15(23-2)11-9-13/h8-11,14H,3-7,12H2,1-2H3. The monoisotopic (exact) mass is 345 g/mol. The number of unbranched alkanes of at least 4 members (excludes halogenated alkanes) is 1. The molecule has 1 heterocycles. The van der Waals surface area contributed by atoms with Gasteiger partial charge < -0.3 is 4.74 Å². The maximum absolute atomic E-state index is 12.7. The van der Waals surface area contributed by atoms with Gasteiger partial charge in [0.05, 0.1) is 7.11 Å². The maximum atomic E-state index is 12.7. The maximum Gasteiger partial charge on any atom is 0.231 e. The van der Waals surface area contributed by atoms with E-state index in [1.165, 1.54) is 11.3 Å². The van der Waals surface area contributed by atoms with Gasteiger partial charge in [0.25, 0.3) is 0 Å². The summed E-state index contributed by atoms with van der Waals surface area (Å²) in [5.74, 6) is 1.20. The average Bonchev–Trinajstić information content (AvgIpc) is 3.03. The fourth-order valence-corrected chi connectivity index (χ4v) is 3.55. The van der Waals surface area contributed by atoms with Crippen molar-refractivity contribution < 1.29 is 9.53 Å². The Morgan fingerprint density at radius 1 is 1.29 bits per heavy atom. The van der Waals surface area contributed by atoms with Crippen LogP contribution in [0.15, 0.2) is 24.3 Å². The summed E-state index contributed by atoms with van der Waals surface area (Å²) in [6.07, 6.45) is 5.21. The summed E-state index contributed by atoms with van der Waals surface area (Å²) < 4.78 is 5.18. The van der Waals surface area contributed by atoms with Crippen molar-refractivity contribution in [2.24, 2.45) is 5.92 Å². The number of carbonyl (C=O) groups is 1. The SMILES string of the molecule is CCCCN(C(=O)C1CCC1)c1nnc(-c2ccc(OC)cc2)s1. The number of anilines is 1. The minimum absolute atomic E-state index is 0.176. The lowest BCUT2D eigenvalue weighted by molar-refractivity contribution is -0.124. The Morgan fingerprint density at radius 2 is 2.04 bits per heavy atom. The van der Waals surface area contributed by atoms with Gasteiger partial charge in [0, 0.05) is 18.0 Å². The highest BCUT2D eigenvalue weighted by molar-refractivity contribution is 7.18. The molecule has 1 saturated carbocycles. The summed E-state index contributed by atoms with van der Waals surface area (Å²) in [6, 6.07) is 7.75. The number of rotatable bonds is 7. The fraction of sp³-hybridized carbons (Fsp3) is 0.500. The predicted octanol–water partition coefficient (Wildman–Crippen LogP) is 4.15. The van der Waals surface area contributed by atoms with E-state index in [0.717, 1.165) is 55.0 Å². The van der Waals surface area contributed by atoms with Crippen LogP contribution in [0.2, 0.25) is 0 Å². The average molecular weight is 345 g/mol. The molecule has 5 nitrogen and oxygen atoms in total. The number of carbonyl (C=O) groups excluding carboxylic acids is 1. The number of methoxy groups -OCH3 is 1. The molecule has 0 bridgehead atoms. The third-order valence-corrected chi connectivity index (χ3v) is 5.43. The highest BCUT2D eigenvalue weighted by Crippen LogP contribution is 2.34. The molecule has 0 radical (unpaired) electrons. The van der Waals surface area contributed by atoms with Crippen molar-refractivity contribution in [1.29, 1.82) is 0 Å². The summed E-state index contributed by atoms with van der Waals surface area (Å²) in [7, 11) is 1.65. The third-order valence-electron chi connectivity index (χ3n) is 4.44. The van der Waals surface area contributed by atoms with Crippen molar-refractivity contribution in [3.63, 3.8) is 0 Å². The molecule has 2 aromatic rings. The van der Waals surface area contributed by atoms with E-state index in [4.69, 9.17) is 4.74 Å². The summed E-state index contributed by atoms with van der Waals surface area (Å²) in [4.78, 5) is 14.6. The summed E-state index contributed by atoms with van der Waals surface area (Å²) in [6.45, 7) is 2.86. The Hall–Kier alpha value is -1.95. The number of ether oxygens (including phenoxy) is 1. The van der Waals surface area contributed by atoms with Crippen LogP contribution in [0.25, 0.3) is 10.6 Å². The van der Waals surface area contributed by atoms with Crippen molar-refractivity contribution in [2.75, 3.05) is 18.6 Å². The van der Waals surface area contributed by atoms with Gasteiger partial charge in [-0.1, -0.05) is 31.1 Å². The van der Waals surface area contributed by atoms with Crippen LogP contribution in [0.3, 0.4) is 0 Å². The molecule has 0 unspecified atom stereocenters. The van der Waals surface area contributed by atoms with Crippen molar-refractivity contribution in [3.05, 3.63) is 24.3 Å². The molecule has 1 aliphatic carbocycles. The lowest BCUT2D eigenvalue weighted by Crippen LogP contribution is -2.39. The van der Waals surface area contributed by atoms with Gasteiger partial charge in [0.15, 0.2) is 0 Å². The smallest absolute Gasteiger partial charge is 0.231 e. The Bertz CT molecular complexity index is 680. The molecule has 1 aromatic heterocycles. The first-order valence-electron chi connectivity index (χ1n) is 8.52. The Balaban J connectivity index is 1.80. The van der Waals surface area contributed by atoms with E-state index in [2.05, 4.69) is 17.1 Å². The number of amides is 1. The van der Waals surface area contributed by atoms with Gasteiger partial charge in [0.2, 0.25) is 11.0 Å². The first-order valence-corrected chi connectivity index (χ1v) is 9.34. The second-order valence-corrected chi connectivity index (χ2v) is 7.05. The zero-order chi connectivity index (χ0) is 16.9. The summed E-state index contributed by atoms with van der Waals surface area (Å²) >= 11 is 1.48. The van der Waals surface area contributed by atoms with E-state index in [9.17, 15) is 4.79 Å². The second kappa shape index (κ2) is 7.75. The van der Waals surface area contributed by atoms with E-state index in [1.54, 1.807) is 7.11 Å². The molecule has 0 N–H and O–H groups in total. The van der Waals surface area contributed by atoms with E-state index in [-0.39, 0.29) is 11.8 Å². The van der Waals surface area contributed by atoms with Crippen molar-refractivity contribution >= 4 is 22.4 Å². The van der Waals surface area contributed by atoms with Crippen molar-refractivity contribution in [2.45, 2.75) is 39.0 Å². The highest BCUT2D eigenvalue weighted by Gasteiger charge is 2.31. The van der Waals surface area contributed by atoms with Crippen molar-refractivity contribution in [1.82, 2.24) is 10.2 Å². The molecule has 0 spiro atoms. The molecule has 128 valence electrons. The summed E-state index contributed by atoms with van der Waals surface area (Å²) in [5, 5.41) is 10.1. The van der Waals surface area contributed by atoms with Crippen LogP contribution < -0.4 is 9.64 Å². The number of aromatic nitrogens is 2. The normalized spacial score (nSPS) is 14.2. The fourth-order valence-electron chi connectivity index (χ4n) is 2.67. The van der Waals surface area contributed by atoms with Crippen molar-refractivity contribution in [3.8, 4) is 16.3 Å². The first-order chi connectivity index (χ1) is 11.7. The minimum atomic E-state index is 0.176. The largest absolute Gasteiger partial charge is 0.497 e. The molecule has 0 saturated heterocycles. The molecular formula is C18H23N3O2S. The predicted molar refractivity (Wildman–Crippen MR) is 96.5 cm³/mol. The Labute approximate surface area is 146 Å². The number of benzene rings is 1. The molecule has 1 aliphatic rings. The molecule has 1 fully saturated rings. The molecule has 6 heteroatoms. The molecular weight excluding hydrogens is 322 g/mol. The molecule has 0 aliphatic heterocycles. The van der Waals surface area contributed by atoms with Crippen LogP contribution in [0, 0.1) is 5.92 Å². The molecule has 1 amide bonds. The zero-order valence-electron chi connectivity index (χ0n) is 14.2. The van der Waals surface area contributed by atoms with E-state index in [1.807, 2.05) is 29.2 Å².